The minimum absolute atomic E-state index is 0.0630. The van der Waals surface area contributed by atoms with Gasteiger partial charge < -0.3 is 20.3 Å². The average molecular weight is 285 g/mol. The number of nitrogens with two attached hydrogens (primary N) is 1. The van der Waals surface area contributed by atoms with Crippen molar-refractivity contribution in [2.24, 2.45) is 0 Å². The maximum Gasteiger partial charge on any atom is 0.177 e. The van der Waals surface area contributed by atoms with E-state index in [1.165, 1.54) is 11.3 Å². The highest BCUT2D eigenvalue weighted by Crippen LogP contribution is 2.44. The van der Waals surface area contributed by atoms with E-state index in [9.17, 15) is 4.79 Å². The summed E-state index contributed by atoms with van der Waals surface area (Å²) in [6.45, 7) is 3.61. The fraction of sp³-hybridized carbons (Fsp3) is 0.615. The predicted molar refractivity (Wildman–Crippen MR) is 81.7 cm³/mol. The molecular weight excluding hydrogens is 262 g/mol. The fourth-order valence-corrected chi connectivity index (χ4v) is 2.87. The molecule has 1 rings (SSSR count). The molecule has 0 spiro atoms. The lowest BCUT2D eigenvalue weighted by Gasteiger charge is -2.20. The number of carbonyl (C=O) groups is 1. The molecule has 6 heteroatoms. The molecule has 19 heavy (non-hydrogen) atoms. The first-order valence-corrected chi connectivity index (χ1v) is 7.09. The lowest BCUT2D eigenvalue weighted by Crippen LogP contribution is -2.28. The van der Waals surface area contributed by atoms with E-state index in [1.54, 1.807) is 7.11 Å². The Hall–Kier alpha value is -1.27. The van der Waals surface area contributed by atoms with Gasteiger partial charge in [0, 0.05) is 26.6 Å². The Morgan fingerprint density at radius 1 is 1.32 bits per heavy atom. The molecule has 1 heterocycles. The van der Waals surface area contributed by atoms with Gasteiger partial charge in [0.2, 0.25) is 0 Å². The first-order valence-electron chi connectivity index (χ1n) is 6.27. The van der Waals surface area contributed by atoms with Crippen LogP contribution < -0.4 is 15.4 Å². The zero-order valence-electron chi connectivity index (χ0n) is 12.3. The summed E-state index contributed by atoms with van der Waals surface area (Å²) in [5.74, 6) is 0.677. The number of nitrogens with zero attached hydrogens (tertiary/aromatic N) is 2. The topological polar surface area (TPSA) is 58.8 Å². The summed E-state index contributed by atoms with van der Waals surface area (Å²) in [7, 11) is 7.62. The smallest absolute Gasteiger partial charge is 0.177 e. The third-order valence-corrected chi connectivity index (χ3v) is 4.23. The molecule has 0 aliphatic heterocycles. The molecule has 0 aromatic carbocycles. The molecule has 2 N–H and O–H groups in total. The average Bonchev–Trinajstić information content (AvgIpc) is 2.72. The summed E-state index contributed by atoms with van der Waals surface area (Å²) in [6, 6.07) is 0. The number of methoxy groups -OCH3 is 1. The maximum absolute atomic E-state index is 11.9. The first-order chi connectivity index (χ1) is 8.92. The second kappa shape index (κ2) is 6.77. The van der Waals surface area contributed by atoms with Gasteiger partial charge in [-0.25, -0.2) is 0 Å². The van der Waals surface area contributed by atoms with Crippen molar-refractivity contribution in [3.8, 4) is 5.75 Å². The Balaban J connectivity index is 3.03. The van der Waals surface area contributed by atoms with Gasteiger partial charge in [-0.3, -0.25) is 4.79 Å². The number of carbonyl (C=O) groups excluding carboxylic acids is 1. The Morgan fingerprint density at radius 2 is 1.95 bits per heavy atom. The van der Waals surface area contributed by atoms with Crippen molar-refractivity contribution in [1.82, 2.24) is 4.90 Å². The summed E-state index contributed by atoms with van der Waals surface area (Å²) in [5.41, 5.74) is 6.48. The van der Waals surface area contributed by atoms with Crippen molar-refractivity contribution in [3.05, 3.63) is 4.88 Å². The summed E-state index contributed by atoms with van der Waals surface area (Å²) in [4.78, 5) is 16.6. The van der Waals surface area contributed by atoms with Crippen LogP contribution in [0.5, 0.6) is 5.75 Å². The van der Waals surface area contributed by atoms with Crippen LogP contribution in [0, 0.1) is 0 Å². The Morgan fingerprint density at radius 3 is 2.42 bits per heavy atom. The van der Waals surface area contributed by atoms with Crippen LogP contribution in [0.1, 0.15) is 23.0 Å². The molecule has 5 nitrogen and oxygen atoms in total. The zero-order chi connectivity index (χ0) is 14.6. The van der Waals surface area contributed by atoms with Gasteiger partial charge in [-0.1, -0.05) is 6.92 Å². The normalized spacial score (nSPS) is 10.8. The lowest BCUT2D eigenvalue weighted by atomic mass is 10.2. The first kappa shape index (κ1) is 15.8. The number of thiophene rings is 1. The monoisotopic (exact) mass is 285 g/mol. The molecule has 108 valence electrons. The molecular formula is C13H23N3O2S. The van der Waals surface area contributed by atoms with Gasteiger partial charge in [-0.2, -0.15) is 0 Å². The minimum Gasteiger partial charge on any atom is -0.492 e. The van der Waals surface area contributed by atoms with E-state index in [1.807, 2.05) is 28.1 Å². The van der Waals surface area contributed by atoms with Crippen LogP contribution in [0.25, 0.3) is 0 Å². The predicted octanol–water partition coefficient (Wildman–Crippen LogP) is 1.93. The van der Waals surface area contributed by atoms with E-state index in [0.29, 0.717) is 22.7 Å². The van der Waals surface area contributed by atoms with Crippen molar-refractivity contribution in [3.63, 3.8) is 0 Å². The molecule has 0 unspecified atom stereocenters. The fourth-order valence-electron chi connectivity index (χ4n) is 1.68. The van der Waals surface area contributed by atoms with Gasteiger partial charge in [0.15, 0.2) is 11.5 Å². The molecule has 0 radical (unpaired) electrons. The van der Waals surface area contributed by atoms with Crippen molar-refractivity contribution in [2.45, 2.75) is 13.3 Å². The van der Waals surface area contributed by atoms with Gasteiger partial charge >= 0.3 is 0 Å². The molecule has 0 amide bonds. The number of hydrogen-bond donors (Lipinski definition) is 1. The zero-order valence-corrected chi connectivity index (χ0v) is 13.1. The van der Waals surface area contributed by atoms with Gasteiger partial charge in [-0.15, -0.1) is 11.3 Å². The van der Waals surface area contributed by atoms with E-state index in [0.717, 1.165) is 18.1 Å². The van der Waals surface area contributed by atoms with E-state index in [-0.39, 0.29) is 5.78 Å². The van der Waals surface area contributed by atoms with Crippen LogP contribution in [0.2, 0.25) is 0 Å². The molecule has 0 saturated carbocycles. The Bertz CT molecular complexity index is 443. The molecule has 0 atom stereocenters. The highest BCUT2D eigenvalue weighted by molar-refractivity contribution is 7.19. The second-order valence-electron chi connectivity index (χ2n) is 4.68. The highest BCUT2D eigenvalue weighted by Gasteiger charge is 2.22. The van der Waals surface area contributed by atoms with Crippen molar-refractivity contribution in [1.29, 1.82) is 0 Å². The molecule has 1 aromatic heterocycles. The standard InChI is InChI=1S/C13H23N3O2S/c1-6-9(17)12-10(14)11(18-5)13(19-12)16(4)8-7-15(2)3/h6-8,14H2,1-5H3. The maximum atomic E-state index is 11.9. The Kier molecular flexibility index (Phi) is 5.62. The number of ketones is 1. The van der Waals surface area contributed by atoms with Crippen molar-refractivity contribution >= 4 is 27.8 Å². The third-order valence-electron chi connectivity index (χ3n) is 2.89. The summed E-state index contributed by atoms with van der Waals surface area (Å²) < 4.78 is 5.36. The number of rotatable bonds is 7. The SMILES string of the molecule is CCC(=O)c1sc(N(C)CCN(C)C)c(OC)c1N. The van der Waals surface area contributed by atoms with E-state index in [4.69, 9.17) is 10.5 Å². The molecule has 0 bridgehead atoms. The van der Waals surface area contributed by atoms with Gasteiger partial charge in [-0.05, 0) is 14.1 Å². The molecule has 0 aliphatic carbocycles. The summed E-state index contributed by atoms with van der Waals surface area (Å²) in [5, 5.41) is 0.915. The molecule has 0 aliphatic rings. The number of likely N-dealkylation sites (N-methyl/N-ethyl adjacent to an activating group) is 2. The van der Waals surface area contributed by atoms with Crippen LogP contribution >= 0.6 is 11.3 Å². The van der Waals surface area contributed by atoms with Crippen LogP contribution in [-0.2, 0) is 0 Å². The third kappa shape index (κ3) is 3.61. The van der Waals surface area contributed by atoms with Crippen LogP contribution in [0.3, 0.4) is 0 Å². The van der Waals surface area contributed by atoms with Crippen molar-refractivity contribution in [2.75, 3.05) is 52.0 Å². The van der Waals surface area contributed by atoms with Crippen LogP contribution in [0.4, 0.5) is 10.7 Å². The lowest BCUT2D eigenvalue weighted by molar-refractivity contribution is 0.0992. The van der Waals surface area contributed by atoms with E-state index >= 15 is 0 Å². The number of nitrogen functional groups attached to an aromatic ring is 1. The molecule has 0 saturated heterocycles. The molecule has 1 aromatic rings. The van der Waals surface area contributed by atoms with Crippen LogP contribution in [-0.4, -0.2) is 52.0 Å². The second-order valence-corrected chi connectivity index (χ2v) is 5.68. The van der Waals surface area contributed by atoms with Crippen molar-refractivity contribution < 1.29 is 9.53 Å². The highest BCUT2D eigenvalue weighted by atomic mass is 32.1. The number of ether oxygens (including phenoxy) is 1. The minimum atomic E-state index is 0.0630. The number of anilines is 2. The van der Waals surface area contributed by atoms with Crippen LogP contribution in [0.15, 0.2) is 0 Å². The van der Waals surface area contributed by atoms with Gasteiger partial charge in [0.25, 0.3) is 0 Å². The van der Waals surface area contributed by atoms with Gasteiger partial charge in [0.05, 0.1) is 17.7 Å². The van der Waals surface area contributed by atoms with E-state index in [2.05, 4.69) is 9.80 Å². The van der Waals surface area contributed by atoms with E-state index < -0.39 is 0 Å². The summed E-state index contributed by atoms with van der Waals surface area (Å²) >= 11 is 1.41. The quantitative estimate of drug-likeness (QED) is 0.776. The number of hydrogen-bond acceptors (Lipinski definition) is 6. The Labute approximate surface area is 118 Å². The molecule has 0 fully saturated rings. The number of Topliss-reactive ketones (excluding diaryl/α,β-unsaturated/α-hetero) is 1. The van der Waals surface area contributed by atoms with Gasteiger partial charge in [0.1, 0.15) is 5.00 Å². The largest absolute Gasteiger partial charge is 0.492 e. The summed E-state index contributed by atoms with van der Waals surface area (Å²) in [6.07, 6.45) is 0.453.